The van der Waals surface area contributed by atoms with Crippen LogP contribution in [0.15, 0.2) is 24.3 Å². The molecular formula is C14H19N. The highest BCUT2D eigenvalue weighted by molar-refractivity contribution is 5.69. The molecule has 80 valence electrons. The van der Waals surface area contributed by atoms with E-state index in [1.807, 2.05) is 0 Å². The molecule has 0 saturated carbocycles. The summed E-state index contributed by atoms with van der Waals surface area (Å²) in [5.41, 5.74) is 11.5. The number of allylic oxidation sites excluding steroid dienone is 1. The largest absolute Gasteiger partial charge is 0.327 e. The van der Waals surface area contributed by atoms with Crippen LogP contribution in [-0.4, -0.2) is 6.04 Å². The number of hydrogen-bond donors (Lipinski definition) is 1. The molecule has 1 nitrogen and oxygen atoms in total. The highest BCUT2D eigenvalue weighted by atomic mass is 14.6. The van der Waals surface area contributed by atoms with Gasteiger partial charge in [-0.3, -0.25) is 0 Å². The van der Waals surface area contributed by atoms with Crippen LogP contribution in [0.5, 0.6) is 0 Å². The maximum Gasteiger partial charge on any atom is 0.00767 e. The summed E-state index contributed by atoms with van der Waals surface area (Å²) in [6, 6.07) is 7.06. The molecule has 1 aliphatic rings. The molecule has 0 saturated heterocycles. The first-order valence-corrected chi connectivity index (χ1v) is 5.69. The third-order valence-corrected chi connectivity index (χ3v) is 3.18. The van der Waals surface area contributed by atoms with Crippen LogP contribution in [-0.2, 0) is 0 Å². The van der Waals surface area contributed by atoms with Gasteiger partial charge in [0.2, 0.25) is 0 Å². The molecule has 0 bridgehead atoms. The normalized spacial score (nSPS) is 21.3. The van der Waals surface area contributed by atoms with E-state index < -0.39 is 0 Å². The lowest BCUT2D eigenvalue weighted by Crippen LogP contribution is -2.21. The number of nitrogens with two attached hydrogens (primary N) is 1. The van der Waals surface area contributed by atoms with Crippen molar-refractivity contribution in [3.05, 3.63) is 41.0 Å². The zero-order chi connectivity index (χ0) is 10.8. The summed E-state index contributed by atoms with van der Waals surface area (Å²) >= 11 is 0. The van der Waals surface area contributed by atoms with Gasteiger partial charge in [0.25, 0.3) is 0 Å². The summed E-state index contributed by atoms with van der Waals surface area (Å²) < 4.78 is 0. The standard InChI is InChI=1S/C14H19N/c1-10-3-8-14(11(2)9-10)12-4-6-13(15)7-5-12/h3-4,8-9,13H,5-7,15H2,1-2H3. The Bertz CT molecular complexity index is 390. The summed E-state index contributed by atoms with van der Waals surface area (Å²) in [5.74, 6) is 0. The molecule has 1 aliphatic carbocycles. The van der Waals surface area contributed by atoms with Crippen LogP contribution in [0.4, 0.5) is 0 Å². The quantitative estimate of drug-likeness (QED) is 0.742. The van der Waals surface area contributed by atoms with E-state index in [2.05, 4.69) is 38.1 Å². The third kappa shape index (κ3) is 2.29. The van der Waals surface area contributed by atoms with Crippen LogP contribution >= 0.6 is 0 Å². The van der Waals surface area contributed by atoms with Crippen molar-refractivity contribution in [3.63, 3.8) is 0 Å². The Morgan fingerprint density at radius 1 is 1.27 bits per heavy atom. The van der Waals surface area contributed by atoms with E-state index >= 15 is 0 Å². The van der Waals surface area contributed by atoms with Crippen molar-refractivity contribution in [2.24, 2.45) is 5.73 Å². The van der Waals surface area contributed by atoms with Gasteiger partial charge in [-0.1, -0.05) is 29.8 Å². The summed E-state index contributed by atoms with van der Waals surface area (Å²) in [5, 5.41) is 0. The zero-order valence-corrected chi connectivity index (χ0v) is 9.59. The highest BCUT2D eigenvalue weighted by Crippen LogP contribution is 2.28. The van der Waals surface area contributed by atoms with Gasteiger partial charge in [0.15, 0.2) is 0 Å². The molecule has 2 N–H and O–H groups in total. The second-order valence-corrected chi connectivity index (χ2v) is 4.58. The zero-order valence-electron chi connectivity index (χ0n) is 9.59. The molecule has 0 amide bonds. The summed E-state index contributed by atoms with van der Waals surface area (Å²) in [6.07, 6.45) is 5.60. The lowest BCUT2D eigenvalue weighted by Gasteiger charge is -2.19. The van der Waals surface area contributed by atoms with Crippen LogP contribution in [0.2, 0.25) is 0 Å². The van der Waals surface area contributed by atoms with Crippen molar-refractivity contribution >= 4 is 5.57 Å². The van der Waals surface area contributed by atoms with Gasteiger partial charge in [0, 0.05) is 6.04 Å². The monoisotopic (exact) mass is 201 g/mol. The Hall–Kier alpha value is -1.08. The van der Waals surface area contributed by atoms with Crippen LogP contribution in [0.25, 0.3) is 5.57 Å². The van der Waals surface area contributed by atoms with Crippen LogP contribution in [0, 0.1) is 13.8 Å². The maximum atomic E-state index is 5.89. The molecule has 0 aliphatic heterocycles. The van der Waals surface area contributed by atoms with Crippen molar-refractivity contribution in [1.29, 1.82) is 0 Å². The minimum atomic E-state index is 0.375. The molecule has 0 aromatic heterocycles. The summed E-state index contributed by atoms with van der Waals surface area (Å²) in [7, 11) is 0. The van der Waals surface area contributed by atoms with Crippen molar-refractivity contribution < 1.29 is 0 Å². The van der Waals surface area contributed by atoms with Gasteiger partial charge < -0.3 is 5.73 Å². The van der Waals surface area contributed by atoms with Gasteiger partial charge in [-0.2, -0.15) is 0 Å². The van der Waals surface area contributed by atoms with Crippen molar-refractivity contribution in [2.45, 2.75) is 39.2 Å². The van der Waals surface area contributed by atoms with Crippen LogP contribution in [0.1, 0.15) is 36.0 Å². The Labute approximate surface area is 92.0 Å². The Kier molecular flexibility index (Phi) is 2.92. The Balaban J connectivity index is 2.30. The van der Waals surface area contributed by atoms with Gasteiger partial charge in [-0.15, -0.1) is 0 Å². The average molecular weight is 201 g/mol. The number of aryl methyl sites for hydroxylation is 2. The molecular weight excluding hydrogens is 182 g/mol. The summed E-state index contributed by atoms with van der Waals surface area (Å²) in [4.78, 5) is 0. The molecule has 0 heterocycles. The van der Waals surface area contributed by atoms with Crippen LogP contribution in [0.3, 0.4) is 0 Å². The predicted octanol–water partition coefficient (Wildman–Crippen LogP) is 3.20. The number of hydrogen-bond acceptors (Lipinski definition) is 1. The van der Waals surface area contributed by atoms with E-state index in [1.54, 1.807) is 0 Å². The average Bonchev–Trinajstić information content (AvgIpc) is 2.20. The minimum Gasteiger partial charge on any atom is -0.327 e. The Morgan fingerprint density at radius 2 is 2.07 bits per heavy atom. The van der Waals surface area contributed by atoms with Crippen LogP contribution < -0.4 is 5.73 Å². The van der Waals surface area contributed by atoms with E-state index in [-0.39, 0.29) is 0 Å². The van der Waals surface area contributed by atoms with Gasteiger partial charge in [0.1, 0.15) is 0 Å². The van der Waals surface area contributed by atoms with E-state index in [9.17, 15) is 0 Å². The summed E-state index contributed by atoms with van der Waals surface area (Å²) in [6.45, 7) is 4.33. The molecule has 1 aromatic rings. The van der Waals surface area contributed by atoms with Gasteiger partial charge in [-0.25, -0.2) is 0 Å². The molecule has 2 rings (SSSR count). The molecule has 1 aromatic carbocycles. The molecule has 0 fully saturated rings. The van der Waals surface area contributed by atoms with E-state index in [4.69, 9.17) is 5.73 Å². The second-order valence-electron chi connectivity index (χ2n) is 4.58. The molecule has 1 atom stereocenters. The van der Waals surface area contributed by atoms with Gasteiger partial charge >= 0.3 is 0 Å². The van der Waals surface area contributed by atoms with Crippen molar-refractivity contribution in [3.8, 4) is 0 Å². The van der Waals surface area contributed by atoms with E-state index in [1.165, 1.54) is 22.3 Å². The first-order valence-electron chi connectivity index (χ1n) is 5.69. The second kappa shape index (κ2) is 4.19. The van der Waals surface area contributed by atoms with E-state index in [0.29, 0.717) is 6.04 Å². The number of benzene rings is 1. The fourth-order valence-corrected chi connectivity index (χ4v) is 2.27. The smallest absolute Gasteiger partial charge is 0.00767 e. The fourth-order valence-electron chi connectivity index (χ4n) is 2.27. The molecule has 1 heteroatoms. The highest BCUT2D eigenvalue weighted by Gasteiger charge is 2.12. The maximum absolute atomic E-state index is 5.89. The topological polar surface area (TPSA) is 26.0 Å². The third-order valence-electron chi connectivity index (χ3n) is 3.18. The molecule has 0 spiro atoms. The lowest BCUT2D eigenvalue weighted by atomic mass is 9.89. The SMILES string of the molecule is Cc1ccc(C2=CCC(N)CC2)c(C)c1. The minimum absolute atomic E-state index is 0.375. The fraction of sp³-hybridized carbons (Fsp3) is 0.429. The molecule has 1 unspecified atom stereocenters. The number of rotatable bonds is 1. The lowest BCUT2D eigenvalue weighted by molar-refractivity contribution is 0.614. The first-order chi connectivity index (χ1) is 7.16. The van der Waals surface area contributed by atoms with Crippen molar-refractivity contribution in [2.75, 3.05) is 0 Å². The van der Waals surface area contributed by atoms with Gasteiger partial charge in [-0.05, 0) is 49.8 Å². The van der Waals surface area contributed by atoms with E-state index in [0.717, 1.165) is 19.3 Å². The Morgan fingerprint density at radius 3 is 2.67 bits per heavy atom. The van der Waals surface area contributed by atoms with Crippen molar-refractivity contribution in [1.82, 2.24) is 0 Å². The molecule has 15 heavy (non-hydrogen) atoms. The first kappa shape index (κ1) is 10.4. The predicted molar refractivity (Wildman–Crippen MR) is 65.7 cm³/mol. The van der Waals surface area contributed by atoms with Gasteiger partial charge in [0.05, 0.1) is 0 Å². The molecule has 0 radical (unpaired) electrons.